The van der Waals surface area contributed by atoms with Crippen LogP contribution >= 0.6 is 0 Å². The van der Waals surface area contributed by atoms with Crippen molar-refractivity contribution >= 4 is 39.2 Å². The Bertz CT molecular complexity index is 1310. The van der Waals surface area contributed by atoms with Crippen LogP contribution < -0.4 is 15.0 Å². The number of phenolic OH excluding ortho intramolecular Hbond substituents is 1. The van der Waals surface area contributed by atoms with Gasteiger partial charge in [-0.1, -0.05) is 30.3 Å². The number of nitrogens with one attached hydrogen (secondary N) is 1. The molecule has 7 heteroatoms. The molecule has 170 valence electrons. The van der Waals surface area contributed by atoms with Crippen molar-refractivity contribution in [1.82, 2.24) is 4.90 Å². The summed E-state index contributed by atoms with van der Waals surface area (Å²) in [6, 6.07) is 18.6. The van der Waals surface area contributed by atoms with E-state index in [4.69, 9.17) is 9.15 Å². The van der Waals surface area contributed by atoms with Gasteiger partial charge in [-0.25, -0.2) is 0 Å². The van der Waals surface area contributed by atoms with Gasteiger partial charge in [-0.05, 0) is 31.2 Å². The summed E-state index contributed by atoms with van der Waals surface area (Å²) in [6.45, 7) is 4.84. The number of hydrogen-bond acceptors (Lipinski definition) is 6. The summed E-state index contributed by atoms with van der Waals surface area (Å²) in [6.07, 6.45) is 0. The molecule has 0 bridgehead atoms. The monoisotopic (exact) mass is 445 g/mol. The molecule has 1 amide bonds. The highest BCUT2D eigenvalue weighted by Crippen LogP contribution is 2.36. The quantitative estimate of drug-likeness (QED) is 0.473. The maximum atomic E-state index is 13.1. The zero-order valence-corrected chi connectivity index (χ0v) is 18.7. The molecule has 0 spiro atoms. The van der Waals surface area contributed by atoms with Crippen LogP contribution in [0.3, 0.4) is 0 Å². The maximum Gasteiger partial charge on any atom is 0.241 e. The Balaban J connectivity index is 1.30. The summed E-state index contributed by atoms with van der Waals surface area (Å²) in [5.74, 6) is 0.781. The third-order valence-corrected chi connectivity index (χ3v) is 6.42. The van der Waals surface area contributed by atoms with E-state index < -0.39 is 0 Å². The average Bonchev–Trinajstić information content (AvgIpc) is 3.20. The fraction of sp³-hybridized carbons (Fsp3) is 0.269. The Morgan fingerprint density at radius 3 is 2.48 bits per heavy atom. The molecule has 1 saturated heterocycles. The van der Waals surface area contributed by atoms with Crippen molar-refractivity contribution in [3.63, 3.8) is 0 Å². The number of fused-ring (bicyclic) bond motifs is 3. The van der Waals surface area contributed by atoms with Gasteiger partial charge < -0.3 is 24.5 Å². The lowest BCUT2D eigenvalue weighted by Gasteiger charge is -2.38. The number of carbonyl (C=O) groups excluding carboxylic acids is 1. The van der Waals surface area contributed by atoms with Crippen LogP contribution in [-0.2, 0) is 4.79 Å². The van der Waals surface area contributed by atoms with Gasteiger partial charge in [-0.3, -0.25) is 9.69 Å². The van der Waals surface area contributed by atoms with Crippen LogP contribution in [0.25, 0.3) is 21.9 Å². The standard InChI is InChI=1S/C26H27N3O4/c1-17(28-11-13-29(14-12-28)21-8-4-5-9-22(21)30)26(31)27-20-16-24-19(15-25(20)32-2)18-7-3-6-10-23(18)33-24/h3-10,15-17,30H,11-14H2,1-2H3,(H,27,31). The van der Waals surface area contributed by atoms with Gasteiger partial charge in [0.05, 0.1) is 24.5 Å². The molecule has 0 aliphatic carbocycles. The van der Waals surface area contributed by atoms with Crippen LogP contribution in [0, 0.1) is 0 Å². The molecule has 5 rings (SSSR count). The summed E-state index contributed by atoms with van der Waals surface area (Å²) in [5.41, 5.74) is 2.93. The third kappa shape index (κ3) is 3.96. The number of rotatable bonds is 5. The molecule has 33 heavy (non-hydrogen) atoms. The van der Waals surface area contributed by atoms with Crippen LogP contribution in [0.4, 0.5) is 11.4 Å². The lowest BCUT2D eigenvalue weighted by Crippen LogP contribution is -2.52. The molecule has 1 aliphatic rings. The fourth-order valence-electron chi connectivity index (χ4n) is 4.50. The zero-order valence-electron chi connectivity index (χ0n) is 18.7. The summed E-state index contributed by atoms with van der Waals surface area (Å²) < 4.78 is 11.5. The highest BCUT2D eigenvalue weighted by molar-refractivity contribution is 6.08. The van der Waals surface area contributed by atoms with E-state index in [9.17, 15) is 9.90 Å². The molecule has 1 atom stereocenters. The van der Waals surface area contributed by atoms with E-state index in [0.717, 1.165) is 48.2 Å². The lowest BCUT2D eigenvalue weighted by molar-refractivity contribution is -0.120. The second-order valence-corrected chi connectivity index (χ2v) is 8.32. The third-order valence-electron chi connectivity index (χ3n) is 6.42. The molecule has 7 nitrogen and oxygen atoms in total. The maximum absolute atomic E-state index is 13.1. The number of methoxy groups -OCH3 is 1. The molecule has 1 aliphatic heterocycles. The van der Waals surface area contributed by atoms with E-state index in [-0.39, 0.29) is 17.7 Å². The van der Waals surface area contributed by atoms with Crippen LogP contribution in [0.2, 0.25) is 0 Å². The first kappa shape index (κ1) is 21.2. The number of piperazine rings is 1. The van der Waals surface area contributed by atoms with Gasteiger partial charge in [0.1, 0.15) is 22.7 Å². The summed E-state index contributed by atoms with van der Waals surface area (Å²) >= 11 is 0. The number of ether oxygens (including phenoxy) is 1. The second-order valence-electron chi connectivity index (χ2n) is 8.32. The van der Waals surface area contributed by atoms with Gasteiger partial charge in [0.15, 0.2) is 0 Å². The van der Waals surface area contributed by atoms with Gasteiger partial charge in [0, 0.05) is 43.0 Å². The van der Waals surface area contributed by atoms with Crippen molar-refractivity contribution in [3.8, 4) is 11.5 Å². The number of aromatic hydroxyl groups is 1. The zero-order chi connectivity index (χ0) is 22.9. The molecule has 4 aromatic rings. The normalized spacial score (nSPS) is 15.6. The van der Waals surface area contributed by atoms with Crippen LogP contribution in [0.15, 0.2) is 65.1 Å². The first-order chi connectivity index (χ1) is 16.0. The molecular weight excluding hydrogens is 418 g/mol. The van der Waals surface area contributed by atoms with Crippen molar-refractivity contribution in [2.24, 2.45) is 0 Å². The van der Waals surface area contributed by atoms with Gasteiger partial charge >= 0.3 is 0 Å². The van der Waals surface area contributed by atoms with Crippen LogP contribution in [0.1, 0.15) is 6.92 Å². The molecule has 1 aromatic heterocycles. The molecule has 1 unspecified atom stereocenters. The van der Waals surface area contributed by atoms with Crippen molar-refractivity contribution in [2.45, 2.75) is 13.0 Å². The Morgan fingerprint density at radius 1 is 1.00 bits per heavy atom. The number of hydrogen-bond donors (Lipinski definition) is 2. The van der Waals surface area contributed by atoms with Gasteiger partial charge in [-0.2, -0.15) is 0 Å². The van der Waals surface area contributed by atoms with Gasteiger partial charge in [0.25, 0.3) is 0 Å². The SMILES string of the molecule is COc1cc2c(cc1NC(=O)C(C)N1CCN(c3ccccc3O)CC1)oc1ccccc12. The van der Waals surface area contributed by atoms with E-state index in [0.29, 0.717) is 17.0 Å². The van der Waals surface area contributed by atoms with E-state index >= 15 is 0 Å². The van der Waals surface area contributed by atoms with E-state index in [2.05, 4.69) is 15.1 Å². The van der Waals surface area contributed by atoms with Gasteiger partial charge in [0.2, 0.25) is 5.91 Å². The minimum atomic E-state index is -0.312. The number of anilines is 2. The minimum Gasteiger partial charge on any atom is -0.506 e. The number of furan rings is 1. The van der Waals surface area contributed by atoms with E-state index in [1.165, 1.54) is 0 Å². The number of para-hydroxylation sites is 3. The second kappa shape index (κ2) is 8.67. The smallest absolute Gasteiger partial charge is 0.241 e. The van der Waals surface area contributed by atoms with E-state index in [1.54, 1.807) is 13.2 Å². The van der Waals surface area contributed by atoms with Crippen molar-refractivity contribution in [1.29, 1.82) is 0 Å². The Morgan fingerprint density at radius 2 is 1.73 bits per heavy atom. The number of carbonyl (C=O) groups is 1. The highest BCUT2D eigenvalue weighted by atomic mass is 16.5. The first-order valence-electron chi connectivity index (χ1n) is 11.1. The first-order valence-corrected chi connectivity index (χ1v) is 11.1. The molecule has 3 aromatic carbocycles. The minimum absolute atomic E-state index is 0.0974. The van der Waals surface area contributed by atoms with Crippen molar-refractivity contribution in [3.05, 3.63) is 60.7 Å². The van der Waals surface area contributed by atoms with Crippen LogP contribution in [-0.4, -0.2) is 55.2 Å². The average molecular weight is 446 g/mol. The molecule has 0 radical (unpaired) electrons. The van der Waals surface area contributed by atoms with Gasteiger partial charge in [-0.15, -0.1) is 0 Å². The predicted molar refractivity (Wildman–Crippen MR) is 130 cm³/mol. The Hall–Kier alpha value is -3.71. The number of amides is 1. The Labute approximate surface area is 192 Å². The highest BCUT2D eigenvalue weighted by Gasteiger charge is 2.27. The van der Waals surface area contributed by atoms with Crippen molar-refractivity contribution in [2.75, 3.05) is 43.5 Å². The molecular formula is C26H27N3O4. The number of phenols is 1. The number of nitrogens with zero attached hydrogens (tertiary/aromatic N) is 2. The van der Waals surface area contributed by atoms with Crippen molar-refractivity contribution < 1.29 is 19.1 Å². The molecule has 0 saturated carbocycles. The Kier molecular flexibility index (Phi) is 5.56. The molecule has 2 heterocycles. The number of benzene rings is 3. The summed E-state index contributed by atoms with van der Waals surface area (Å²) in [4.78, 5) is 17.4. The fourth-order valence-corrected chi connectivity index (χ4v) is 4.50. The largest absolute Gasteiger partial charge is 0.506 e. The summed E-state index contributed by atoms with van der Waals surface area (Å²) in [5, 5.41) is 15.1. The topological polar surface area (TPSA) is 78.2 Å². The summed E-state index contributed by atoms with van der Waals surface area (Å²) in [7, 11) is 1.60. The van der Waals surface area contributed by atoms with E-state index in [1.807, 2.05) is 61.5 Å². The predicted octanol–water partition coefficient (Wildman–Crippen LogP) is 4.45. The molecule has 1 fully saturated rings. The van der Waals surface area contributed by atoms with Crippen LogP contribution in [0.5, 0.6) is 11.5 Å². The molecule has 2 N–H and O–H groups in total. The lowest BCUT2D eigenvalue weighted by atomic mass is 10.1.